The van der Waals surface area contributed by atoms with Crippen molar-refractivity contribution in [3.05, 3.63) is 23.0 Å². The van der Waals surface area contributed by atoms with Crippen molar-refractivity contribution >= 4 is 17.5 Å². The molecule has 0 aliphatic heterocycles. The highest BCUT2D eigenvalue weighted by molar-refractivity contribution is 6.31. The molecule has 13 heavy (non-hydrogen) atoms. The zero-order valence-corrected chi connectivity index (χ0v) is 8.26. The van der Waals surface area contributed by atoms with Gasteiger partial charge in [0, 0.05) is 13.2 Å². The van der Waals surface area contributed by atoms with Gasteiger partial charge in [0.1, 0.15) is 5.69 Å². The van der Waals surface area contributed by atoms with Crippen LogP contribution >= 0.6 is 11.6 Å². The number of hydroxylamine groups is 1. The molecule has 1 heterocycles. The van der Waals surface area contributed by atoms with E-state index in [1.165, 1.54) is 0 Å². The molecule has 4 nitrogen and oxygen atoms in total. The lowest BCUT2D eigenvalue weighted by molar-refractivity contribution is 0.0357. The Morgan fingerprint density at radius 3 is 2.92 bits per heavy atom. The average Bonchev–Trinajstić information content (AvgIpc) is 2.41. The van der Waals surface area contributed by atoms with Gasteiger partial charge in [-0.05, 0) is 13.0 Å². The smallest absolute Gasteiger partial charge is 0.291 e. The van der Waals surface area contributed by atoms with Gasteiger partial charge in [0.05, 0.1) is 11.6 Å². The van der Waals surface area contributed by atoms with E-state index in [4.69, 9.17) is 16.4 Å². The minimum atomic E-state index is -0.295. The van der Waals surface area contributed by atoms with Gasteiger partial charge in [0.15, 0.2) is 0 Å². The molecular formula is C8H11ClN2O2. The number of carbonyl (C=O) groups is 1. The molecular weight excluding hydrogens is 192 g/mol. The van der Waals surface area contributed by atoms with Gasteiger partial charge in [-0.2, -0.15) is 0 Å². The summed E-state index contributed by atoms with van der Waals surface area (Å²) in [5.74, 6) is -0.295. The molecule has 0 fully saturated rings. The molecule has 0 aliphatic carbocycles. The van der Waals surface area contributed by atoms with E-state index in [1.54, 1.807) is 30.8 Å². The molecule has 0 bridgehead atoms. The predicted molar refractivity (Wildman–Crippen MR) is 49.5 cm³/mol. The van der Waals surface area contributed by atoms with Crippen molar-refractivity contribution in [1.29, 1.82) is 0 Å². The largest absolute Gasteiger partial charge is 0.345 e. The predicted octanol–water partition coefficient (Wildman–Crippen LogP) is 1.36. The number of hydrogen-bond donors (Lipinski definition) is 1. The Labute approximate surface area is 81.4 Å². The summed E-state index contributed by atoms with van der Waals surface area (Å²) in [7, 11) is 1.74. The first-order valence-corrected chi connectivity index (χ1v) is 4.27. The normalized spacial score (nSPS) is 10.1. The van der Waals surface area contributed by atoms with E-state index in [9.17, 15) is 4.79 Å². The maximum Gasteiger partial charge on any atom is 0.291 e. The van der Waals surface area contributed by atoms with Gasteiger partial charge < -0.3 is 4.57 Å². The zero-order valence-electron chi connectivity index (χ0n) is 7.50. The molecule has 1 aromatic heterocycles. The highest BCUT2D eigenvalue weighted by Gasteiger charge is 2.10. The molecule has 72 valence electrons. The molecule has 0 radical (unpaired) electrons. The number of amides is 1. The molecule has 0 saturated carbocycles. The van der Waals surface area contributed by atoms with E-state index in [2.05, 4.69) is 5.48 Å². The fourth-order valence-corrected chi connectivity index (χ4v) is 1.19. The molecule has 0 aromatic carbocycles. The maximum atomic E-state index is 11.3. The van der Waals surface area contributed by atoms with Crippen molar-refractivity contribution in [2.24, 2.45) is 7.05 Å². The fraction of sp³-hybridized carbons (Fsp3) is 0.375. The van der Waals surface area contributed by atoms with Crippen molar-refractivity contribution in [1.82, 2.24) is 10.0 Å². The number of hydrogen-bond acceptors (Lipinski definition) is 2. The summed E-state index contributed by atoms with van der Waals surface area (Å²) in [5.41, 5.74) is 2.76. The second kappa shape index (κ2) is 4.30. The van der Waals surface area contributed by atoms with Crippen LogP contribution in [-0.2, 0) is 11.9 Å². The van der Waals surface area contributed by atoms with Crippen LogP contribution in [0.1, 0.15) is 17.4 Å². The lowest BCUT2D eigenvalue weighted by Gasteiger charge is -2.03. The second-order valence-electron chi connectivity index (χ2n) is 2.52. The minimum absolute atomic E-state index is 0.295. The van der Waals surface area contributed by atoms with E-state index >= 15 is 0 Å². The quantitative estimate of drug-likeness (QED) is 0.753. The van der Waals surface area contributed by atoms with E-state index in [0.29, 0.717) is 17.3 Å². The molecule has 0 aliphatic rings. The third-order valence-electron chi connectivity index (χ3n) is 1.51. The first-order valence-electron chi connectivity index (χ1n) is 3.89. The molecule has 1 rings (SSSR count). The Hall–Kier alpha value is -1.00. The van der Waals surface area contributed by atoms with Crippen LogP contribution in [0.3, 0.4) is 0 Å². The monoisotopic (exact) mass is 202 g/mol. The van der Waals surface area contributed by atoms with Crippen LogP contribution in [0.25, 0.3) is 0 Å². The number of nitrogens with one attached hydrogen (secondary N) is 1. The third kappa shape index (κ3) is 2.47. The van der Waals surface area contributed by atoms with Crippen LogP contribution in [0, 0.1) is 0 Å². The summed E-state index contributed by atoms with van der Waals surface area (Å²) in [4.78, 5) is 16.1. The van der Waals surface area contributed by atoms with Gasteiger partial charge >= 0.3 is 0 Å². The Morgan fingerprint density at radius 1 is 1.77 bits per heavy atom. The highest BCUT2D eigenvalue weighted by Crippen LogP contribution is 2.12. The Morgan fingerprint density at radius 2 is 2.46 bits per heavy atom. The van der Waals surface area contributed by atoms with Crippen molar-refractivity contribution in [3.8, 4) is 0 Å². The lowest BCUT2D eigenvalue weighted by Crippen LogP contribution is -2.25. The molecule has 0 unspecified atom stereocenters. The average molecular weight is 203 g/mol. The van der Waals surface area contributed by atoms with Gasteiger partial charge in [-0.3, -0.25) is 9.63 Å². The van der Waals surface area contributed by atoms with Crippen molar-refractivity contribution in [3.63, 3.8) is 0 Å². The van der Waals surface area contributed by atoms with Crippen molar-refractivity contribution in [2.45, 2.75) is 6.92 Å². The molecule has 1 N–H and O–H groups in total. The molecule has 5 heteroatoms. The lowest BCUT2D eigenvalue weighted by atomic mass is 10.4. The van der Waals surface area contributed by atoms with E-state index in [1.807, 2.05) is 0 Å². The summed E-state index contributed by atoms with van der Waals surface area (Å²) in [6.45, 7) is 2.22. The van der Waals surface area contributed by atoms with Crippen LogP contribution in [0.5, 0.6) is 0 Å². The van der Waals surface area contributed by atoms with Crippen molar-refractivity contribution in [2.75, 3.05) is 6.61 Å². The summed E-state index contributed by atoms with van der Waals surface area (Å²) in [6.07, 6.45) is 1.66. The number of halogens is 1. The highest BCUT2D eigenvalue weighted by atomic mass is 35.5. The number of carbonyl (C=O) groups excluding carboxylic acids is 1. The van der Waals surface area contributed by atoms with Crippen LogP contribution < -0.4 is 5.48 Å². The Bertz CT molecular complexity index is 309. The Balaban J connectivity index is 2.70. The van der Waals surface area contributed by atoms with Gasteiger partial charge in [-0.15, -0.1) is 0 Å². The number of aromatic nitrogens is 1. The SMILES string of the molecule is CCONC(=O)c1cc(Cl)cn1C. The third-order valence-corrected chi connectivity index (χ3v) is 1.72. The van der Waals surface area contributed by atoms with Gasteiger partial charge in [-0.25, -0.2) is 5.48 Å². The summed E-state index contributed by atoms with van der Waals surface area (Å²) >= 11 is 5.70. The van der Waals surface area contributed by atoms with Gasteiger partial charge in [0.2, 0.25) is 0 Å². The minimum Gasteiger partial charge on any atom is -0.345 e. The maximum absolute atomic E-state index is 11.3. The molecule has 1 amide bonds. The van der Waals surface area contributed by atoms with Gasteiger partial charge in [-0.1, -0.05) is 11.6 Å². The van der Waals surface area contributed by atoms with Crippen molar-refractivity contribution < 1.29 is 9.63 Å². The summed E-state index contributed by atoms with van der Waals surface area (Å²) < 4.78 is 1.64. The molecule has 1 aromatic rings. The van der Waals surface area contributed by atoms with E-state index in [0.717, 1.165) is 0 Å². The number of rotatable bonds is 3. The topological polar surface area (TPSA) is 43.3 Å². The van der Waals surface area contributed by atoms with E-state index < -0.39 is 0 Å². The van der Waals surface area contributed by atoms with Crippen LogP contribution in [0.4, 0.5) is 0 Å². The Kier molecular flexibility index (Phi) is 3.33. The van der Waals surface area contributed by atoms with Crippen LogP contribution in [-0.4, -0.2) is 17.1 Å². The fourth-order valence-electron chi connectivity index (χ4n) is 0.940. The first-order chi connectivity index (χ1) is 6.15. The molecule has 0 spiro atoms. The number of aryl methyl sites for hydroxylation is 1. The zero-order chi connectivity index (χ0) is 9.84. The standard InChI is InChI=1S/C8H11ClN2O2/c1-3-13-10-8(12)7-4-6(9)5-11(7)2/h4-5H,3H2,1-2H3,(H,10,12). The summed E-state index contributed by atoms with van der Waals surface area (Å²) in [6, 6.07) is 1.58. The van der Waals surface area contributed by atoms with Gasteiger partial charge in [0.25, 0.3) is 5.91 Å². The first kappa shape index (κ1) is 10.1. The summed E-state index contributed by atoms with van der Waals surface area (Å²) in [5, 5.41) is 0.532. The number of nitrogens with zero attached hydrogens (tertiary/aromatic N) is 1. The second-order valence-corrected chi connectivity index (χ2v) is 2.96. The molecule has 0 atom stereocenters. The van der Waals surface area contributed by atoms with E-state index in [-0.39, 0.29) is 5.91 Å². The van der Waals surface area contributed by atoms with Crippen LogP contribution in [0.15, 0.2) is 12.3 Å². The van der Waals surface area contributed by atoms with Crippen LogP contribution in [0.2, 0.25) is 5.02 Å². The molecule has 0 saturated heterocycles.